The van der Waals surface area contributed by atoms with Crippen molar-refractivity contribution in [2.24, 2.45) is 0 Å². The molecule has 2 amide bonds. The number of hydrogen-bond acceptors (Lipinski definition) is 4. The van der Waals surface area contributed by atoms with Crippen LogP contribution in [-0.2, 0) is 10.1 Å². The fourth-order valence-corrected chi connectivity index (χ4v) is 4.00. The van der Waals surface area contributed by atoms with Gasteiger partial charge in [-0.1, -0.05) is 41.9 Å². The molecule has 0 aromatic heterocycles. The molecule has 166 valence electrons. The van der Waals surface area contributed by atoms with Crippen molar-refractivity contribution < 1.29 is 22.6 Å². The number of rotatable bonds is 5. The highest BCUT2D eigenvalue weighted by Gasteiger charge is 2.14. The standard InChI is InChI=1S/C24H17ClN2O5S/c25-18-7-1-5-16(12-18)23(28)26-19-8-2-6-17(13-19)24(29)27-22-9-3-4-15-14-20(33(30,31)32)10-11-21(15)22/h1-14H,(H,26,28)(H,27,29)(H,30,31,32). The normalized spacial score (nSPS) is 11.2. The molecule has 3 N–H and O–H groups in total. The van der Waals surface area contributed by atoms with Crippen LogP contribution in [0.4, 0.5) is 11.4 Å². The van der Waals surface area contributed by atoms with Crippen molar-refractivity contribution >= 4 is 55.7 Å². The minimum absolute atomic E-state index is 0.235. The Kier molecular flexibility index (Phi) is 6.15. The van der Waals surface area contributed by atoms with E-state index in [4.69, 9.17) is 11.6 Å². The molecule has 0 saturated heterocycles. The largest absolute Gasteiger partial charge is 0.322 e. The second-order valence-corrected chi connectivity index (χ2v) is 9.02. The monoisotopic (exact) mass is 480 g/mol. The maximum absolute atomic E-state index is 12.9. The highest BCUT2D eigenvalue weighted by atomic mass is 35.5. The second kappa shape index (κ2) is 9.03. The first-order valence-electron chi connectivity index (χ1n) is 9.69. The number of nitrogens with one attached hydrogen (secondary N) is 2. The summed E-state index contributed by atoms with van der Waals surface area (Å²) in [5.41, 5.74) is 1.60. The molecule has 0 aliphatic heterocycles. The van der Waals surface area contributed by atoms with E-state index in [1.807, 2.05) is 0 Å². The first kappa shape index (κ1) is 22.5. The van der Waals surface area contributed by atoms with Gasteiger partial charge in [0.25, 0.3) is 21.9 Å². The van der Waals surface area contributed by atoms with Crippen LogP contribution < -0.4 is 10.6 Å². The summed E-state index contributed by atoms with van der Waals surface area (Å²) < 4.78 is 32.0. The molecule has 7 nitrogen and oxygen atoms in total. The van der Waals surface area contributed by atoms with Crippen LogP contribution in [0.5, 0.6) is 0 Å². The van der Waals surface area contributed by atoms with Crippen LogP contribution in [0, 0.1) is 0 Å². The zero-order chi connectivity index (χ0) is 23.6. The zero-order valence-electron chi connectivity index (χ0n) is 16.9. The van der Waals surface area contributed by atoms with Crippen molar-refractivity contribution in [2.75, 3.05) is 10.6 Å². The van der Waals surface area contributed by atoms with Crippen molar-refractivity contribution in [3.8, 4) is 0 Å². The van der Waals surface area contributed by atoms with Gasteiger partial charge in [-0.05, 0) is 60.0 Å². The van der Waals surface area contributed by atoms with Gasteiger partial charge in [0, 0.05) is 32.9 Å². The average molecular weight is 481 g/mol. The van der Waals surface area contributed by atoms with Gasteiger partial charge in [0.1, 0.15) is 0 Å². The predicted octanol–water partition coefficient (Wildman–Crippen LogP) is 5.24. The quantitative estimate of drug-likeness (QED) is 0.338. The summed E-state index contributed by atoms with van der Waals surface area (Å²) >= 11 is 5.93. The molecule has 9 heteroatoms. The summed E-state index contributed by atoms with van der Waals surface area (Å²) in [6.07, 6.45) is 0. The third-order valence-electron chi connectivity index (χ3n) is 4.87. The third kappa shape index (κ3) is 5.20. The van der Waals surface area contributed by atoms with E-state index in [2.05, 4.69) is 10.6 Å². The molecule has 33 heavy (non-hydrogen) atoms. The first-order chi connectivity index (χ1) is 15.7. The highest BCUT2D eigenvalue weighted by Crippen LogP contribution is 2.27. The Morgan fingerprint density at radius 1 is 0.758 bits per heavy atom. The van der Waals surface area contributed by atoms with E-state index in [0.717, 1.165) is 0 Å². The summed E-state index contributed by atoms with van der Waals surface area (Å²) in [5, 5.41) is 7.11. The molecule has 0 aliphatic carbocycles. The van der Waals surface area contributed by atoms with Gasteiger partial charge in [0.2, 0.25) is 0 Å². The lowest BCUT2D eigenvalue weighted by atomic mass is 10.1. The summed E-state index contributed by atoms with van der Waals surface area (Å²) in [7, 11) is -4.34. The Morgan fingerprint density at radius 3 is 2.15 bits per heavy atom. The van der Waals surface area contributed by atoms with Crippen molar-refractivity contribution in [2.45, 2.75) is 4.90 Å². The Balaban J connectivity index is 1.56. The topological polar surface area (TPSA) is 113 Å². The number of hydrogen-bond donors (Lipinski definition) is 3. The molecule has 4 aromatic rings. The molecule has 4 rings (SSSR count). The van der Waals surface area contributed by atoms with E-state index in [0.29, 0.717) is 38.3 Å². The van der Waals surface area contributed by atoms with Gasteiger partial charge < -0.3 is 10.6 Å². The summed E-state index contributed by atoms with van der Waals surface area (Å²) in [5.74, 6) is -0.779. The number of amides is 2. The van der Waals surface area contributed by atoms with Gasteiger partial charge in [0.05, 0.1) is 4.90 Å². The van der Waals surface area contributed by atoms with E-state index in [9.17, 15) is 22.6 Å². The molecule has 0 saturated carbocycles. The predicted molar refractivity (Wildman–Crippen MR) is 128 cm³/mol. The Labute approximate surface area is 194 Å². The molecule has 0 spiro atoms. The van der Waals surface area contributed by atoms with E-state index in [-0.39, 0.29) is 10.8 Å². The highest BCUT2D eigenvalue weighted by molar-refractivity contribution is 7.85. The van der Waals surface area contributed by atoms with Crippen LogP contribution in [0.25, 0.3) is 10.8 Å². The molecule has 4 aromatic carbocycles. The molecular weight excluding hydrogens is 464 g/mol. The minimum Gasteiger partial charge on any atom is -0.322 e. The smallest absolute Gasteiger partial charge is 0.294 e. The van der Waals surface area contributed by atoms with Crippen LogP contribution in [0.15, 0.2) is 89.8 Å². The van der Waals surface area contributed by atoms with E-state index >= 15 is 0 Å². The van der Waals surface area contributed by atoms with Crippen molar-refractivity contribution in [3.63, 3.8) is 0 Å². The summed E-state index contributed by atoms with van der Waals surface area (Å²) in [6, 6.07) is 22.1. The lowest BCUT2D eigenvalue weighted by Crippen LogP contribution is -2.15. The summed E-state index contributed by atoms with van der Waals surface area (Å²) in [4.78, 5) is 25.1. The van der Waals surface area contributed by atoms with E-state index < -0.39 is 16.0 Å². The van der Waals surface area contributed by atoms with Gasteiger partial charge in [-0.2, -0.15) is 8.42 Å². The molecule has 0 fully saturated rings. The maximum atomic E-state index is 12.9. The molecule has 0 heterocycles. The number of benzene rings is 4. The second-order valence-electron chi connectivity index (χ2n) is 7.16. The van der Waals surface area contributed by atoms with Gasteiger partial charge >= 0.3 is 0 Å². The van der Waals surface area contributed by atoms with Crippen molar-refractivity contribution in [3.05, 3.63) is 101 Å². The van der Waals surface area contributed by atoms with Crippen molar-refractivity contribution in [1.29, 1.82) is 0 Å². The molecule has 0 unspecified atom stereocenters. The Morgan fingerprint density at radius 2 is 1.42 bits per heavy atom. The van der Waals surface area contributed by atoms with Crippen LogP contribution >= 0.6 is 11.6 Å². The van der Waals surface area contributed by atoms with Crippen LogP contribution in [0.1, 0.15) is 20.7 Å². The number of halogens is 1. The average Bonchev–Trinajstić information content (AvgIpc) is 2.78. The maximum Gasteiger partial charge on any atom is 0.294 e. The fraction of sp³-hybridized carbons (Fsp3) is 0. The molecule has 0 aliphatic rings. The minimum atomic E-state index is -4.34. The Bertz CT molecular complexity index is 1500. The van der Waals surface area contributed by atoms with E-state index in [1.54, 1.807) is 66.7 Å². The Hall–Kier alpha value is -3.72. The zero-order valence-corrected chi connectivity index (χ0v) is 18.5. The van der Waals surface area contributed by atoms with Crippen LogP contribution in [-0.4, -0.2) is 24.8 Å². The van der Waals surface area contributed by atoms with Crippen molar-refractivity contribution in [1.82, 2.24) is 0 Å². The van der Waals surface area contributed by atoms with Gasteiger partial charge in [-0.3, -0.25) is 14.1 Å². The van der Waals surface area contributed by atoms with E-state index in [1.165, 1.54) is 18.2 Å². The number of carbonyl (C=O) groups is 2. The lowest BCUT2D eigenvalue weighted by Gasteiger charge is -2.11. The van der Waals surface area contributed by atoms with Crippen LogP contribution in [0.2, 0.25) is 5.02 Å². The van der Waals surface area contributed by atoms with Gasteiger partial charge in [-0.25, -0.2) is 0 Å². The van der Waals surface area contributed by atoms with Crippen LogP contribution in [0.3, 0.4) is 0 Å². The van der Waals surface area contributed by atoms with Gasteiger partial charge in [-0.15, -0.1) is 0 Å². The number of fused-ring (bicyclic) bond motifs is 1. The molecule has 0 bridgehead atoms. The van der Waals surface area contributed by atoms with Gasteiger partial charge in [0.15, 0.2) is 0 Å². The first-order valence-corrected chi connectivity index (χ1v) is 11.5. The lowest BCUT2D eigenvalue weighted by molar-refractivity contribution is 0.101. The number of carbonyl (C=O) groups excluding carboxylic acids is 2. The number of anilines is 2. The third-order valence-corrected chi connectivity index (χ3v) is 5.95. The SMILES string of the molecule is O=C(Nc1cccc(C(=O)Nc2cccc3cc(S(=O)(=O)O)ccc23)c1)c1cccc(Cl)c1. The fourth-order valence-electron chi connectivity index (χ4n) is 3.30. The summed E-state index contributed by atoms with van der Waals surface area (Å²) in [6.45, 7) is 0. The molecule has 0 radical (unpaired) electrons. The molecule has 0 atom stereocenters. The molecular formula is C24H17ClN2O5S.